The van der Waals surface area contributed by atoms with Gasteiger partial charge in [-0.3, -0.25) is 9.78 Å². The van der Waals surface area contributed by atoms with Gasteiger partial charge in [0, 0.05) is 49.8 Å². The lowest BCUT2D eigenvalue weighted by molar-refractivity contribution is -0.135. The van der Waals surface area contributed by atoms with Crippen LogP contribution in [0.2, 0.25) is 0 Å². The molecule has 198 valence electrons. The van der Waals surface area contributed by atoms with E-state index < -0.39 is 0 Å². The number of anilines is 2. The molecule has 38 heavy (non-hydrogen) atoms. The molecule has 4 heterocycles. The van der Waals surface area contributed by atoms with E-state index in [1.54, 1.807) is 19.4 Å². The number of piperazine rings is 1. The van der Waals surface area contributed by atoms with Crippen LogP contribution in [0.3, 0.4) is 0 Å². The number of nitrogen functional groups attached to an aromatic ring is 1. The van der Waals surface area contributed by atoms with Gasteiger partial charge in [0.1, 0.15) is 0 Å². The monoisotopic (exact) mass is 512 g/mol. The first kappa shape index (κ1) is 24.8. The van der Waals surface area contributed by atoms with Crippen LogP contribution < -0.4 is 10.6 Å². The van der Waals surface area contributed by atoms with E-state index in [0.717, 1.165) is 76.4 Å². The van der Waals surface area contributed by atoms with E-state index in [1.165, 1.54) is 12.8 Å². The van der Waals surface area contributed by atoms with Gasteiger partial charge in [0.05, 0.1) is 47.9 Å². The summed E-state index contributed by atoms with van der Waals surface area (Å²) >= 11 is 0. The summed E-state index contributed by atoms with van der Waals surface area (Å²) in [4.78, 5) is 31.7. The van der Waals surface area contributed by atoms with Crippen molar-refractivity contribution in [2.75, 3.05) is 44.0 Å². The normalized spacial score (nSPS) is 19.7. The molecule has 8 heteroatoms. The van der Waals surface area contributed by atoms with Crippen molar-refractivity contribution in [1.82, 2.24) is 19.9 Å². The van der Waals surface area contributed by atoms with Gasteiger partial charge in [0.25, 0.3) is 0 Å². The molecule has 3 aromatic heterocycles. The second-order valence-corrected chi connectivity index (χ2v) is 10.9. The van der Waals surface area contributed by atoms with E-state index >= 15 is 0 Å². The molecule has 2 aliphatic carbocycles. The summed E-state index contributed by atoms with van der Waals surface area (Å²) in [6, 6.07) is 4.31. The highest BCUT2D eigenvalue weighted by Crippen LogP contribution is 2.49. The lowest BCUT2D eigenvalue weighted by Gasteiger charge is -2.43. The number of nitrogens with zero attached hydrogens (tertiary/aromatic N) is 5. The van der Waals surface area contributed by atoms with Gasteiger partial charge in [-0.25, -0.2) is 9.97 Å². The number of fused-ring (bicyclic) bond motifs is 1. The Balaban J connectivity index is 1.40. The highest BCUT2D eigenvalue weighted by Gasteiger charge is 2.42. The first-order chi connectivity index (χ1) is 18.5. The highest BCUT2D eigenvalue weighted by atomic mass is 16.5. The van der Waals surface area contributed by atoms with Gasteiger partial charge in [-0.1, -0.05) is 6.58 Å². The highest BCUT2D eigenvalue weighted by molar-refractivity contribution is 5.98. The number of pyridine rings is 3. The number of rotatable bonds is 8. The SMILES string of the molecule is C=Cc1cc(-c2c(C3CC3)nc(N3CCN(C(=O)CCOC)[C@H](C4CC4)C3)c(N)c2C)c2ccncc2n1. The van der Waals surface area contributed by atoms with Gasteiger partial charge >= 0.3 is 0 Å². The lowest BCUT2D eigenvalue weighted by Crippen LogP contribution is -2.56. The number of hydrogen-bond donors (Lipinski definition) is 1. The number of amides is 1. The van der Waals surface area contributed by atoms with E-state index in [0.29, 0.717) is 31.4 Å². The molecule has 1 amide bonds. The van der Waals surface area contributed by atoms with Crippen molar-refractivity contribution in [1.29, 1.82) is 0 Å². The Hall–Kier alpha value is -3.52. The Kier molecular flexibility index (Phi) is 6.51. The average molecular weight is 513 g/mol. The van der Waals surface area contributed by atoms with Gasteiger partial charge in [-0.05, 0) is 67.9 Å². The van der Waals surface area contributed by atoms with Crippen molar-refractivity contribution in [2.24, 2.45) is 5.92 Å². The Labute approximate surface area is 223 Å². The van der Waals surface area contributed by atoms with Crippen LogP contribution in [0.1, 0.15) is 55.0 Å². The second kappa shape index (κ2) is 9.98. The molecular formula is C30H36N6O2. The van der Waals surface area contributed by atoms with Gasteiger partial charge in [0.15, 0.2) is 5.82 Å². The summed E-state index contributed by atoms with van der Waals surface area (Å²) in [5.74, 6) is 2.04. The third-order valence-electron chi connectivity index (χ3n) is 8.30. The maximum atomic E-state index is 12.9. The quantitative estimate of drug-likeness (QED) is 0.472. The minimum Gasteiger partial charge on any atom is -0.396 e. The van der Waals surface area contributed by atoms with Crippen molar-refractivity contribution >= 4 is 34.4 Å². The molecule has 0 bridgehead atoms. The number of carbonyl (C=O) groups is 1. The first-order valence-corrected chi connectivity index (χ1v) is 13.7. The molecule has 0 unspecified atom stereocenters. The summed E-state index contributed by atoms with van der Waals surface area (Å²) in [6.07, 6.45) is 10.4. The topological polar surface area (TPSA) is 97.5 Å². The number of nitrogens with two attached hydrogens (primary N) is 1. The van der Waals surface area contributed by atoms with Crippen molar-refractivity contribution in [3.8, 4) is 11.1 Å². The number of ether oxygens (including phenoxy) is 1. The molecule has 3 aliphatic rings. The zero-order chi connectivity index (χ0) is 26.4. The van der Waals surface area contributed by atoms with Crippen molar-refractivity contribution in [3.63, 3.8) is 0 Å². The zero-order valence-corrected chi connectivity index (χ0v) is 22.3. The smallest absolute Gasteiger partial charge is 0.225 e. The molecule has 2 N–H and O–H groups in total. The Morgan fingerprint density at radius 1 is 1.24 bits per heavy atom. The summed E-state index contributed by atoms with van der Waals surface area (Å²) < 4.78 is 5.17. The largest absolute Gasteiger partial charge is 0.396 e. The van der Waals surface area contributed by atoms with Crippen LogP contribution in [0, 0.1) is 12.8 Å². The van der Waals surface area contributed by atoms with Crippen molar-refractivity contribution in [2.45, 2.75) is 51.0 Å². The fraction of sp³-hybridized carbons (Fsp3) is 0.467. The average Bonchev–Trinajstić information content (AvgIpc) is 3.86. The summed E-state index contributed by atoms with van der Waals surface area (Å²) in [6.45, 7) is 8.72. The standard InChI is InChI=1S/C30H36N6O2/c1-4-21-15-23(22-9-11-32-16-24(22)33-21)27-18(2)28(31)30(34-29(27)20-7-8-20)35-12-13-36(26(37)10-14-38-3)25(17-35)19-5-6-19/h4,9,11,15-16,19-20,25H,1,5-8,10,12-14,17,31H2,2-3H3/t25-/m0/s1. The number of hydrogen-bond acceptors (Lipinski definition) is 7. The van der Waals surface area contributed by atoms with E-state index in [-0.39, 0.29) is 11.9 Å². The van der Waals surface area contributed by atoms with Crippen LogP contribution in [-0.4, -0.2) is 65.2 Å². The molecule has 2 saturated carbocycles. The number of aromatic nitrogens is 3. The molecule has 0 aromatic carbocycles. The number of methoxy groups -OCH3 is 1. The lowest BCUT2D eigenvalue weighted by atomic mass is 9.92. The van der Waals surface area contributed by atoms with Crippen LogP contribution in [0.5, 0.6) is 0 Å². The van der Waals surface area contributed by atoms with E-state index in [2.05, 4.69) is 34.4 Å². The summed E-state index contributed by atoms with van der Waals surface area (Å²) in [5, 5.41) is 1.04. The first-order valence-electron chi connectivity index (χ1n) is 13.7. The van der Waals surface area contributed by atoms with Gasteiger partial charge in [0.2, 0.25) is 5.91 Å². The summed E-state index contributed by atoms with van der Waals surface area (Å²) in [7, 11) is 1.64. The third-order valence-corrected chi connectivity index (χ3v) is 8.30. The number of carbonyl (C=O) groups excluding carboxylic acids is 1. The van der Waals surface area contributed by atoms with E-state index in [4.69, 9.17) is 20.4 Å². The van der Waals surface area contributed by atoms with Crippen LogP contribution in [0.25, 0.3) is 28.1 Å². The minimum absolute atomic E-state index is 0.187. The third kappa shape index (κ3) is 4.51. The van der Waals surface area contributed by atoms with Crippen LogP contribution in [0.4, 0.5) is 11.5 Å². The van der Waals surface area contributed by atoms with Crippen LogP contribution >= 0.6 is 0 Å². The van der Waals surface area contributed by atoms with E-state index in [9.17, 15) is 4.79 Å². The molecular weight excluding hydrogens is 476 g/mol. The molecule has 1 atom stereocenters. The predicted molar refractivity (Wildman–Crippen MR) is 151 cm³/mol. The van der Waals surface area contributed by atoms with E-state index in [1.807, 2.05) is 12.3 Å². The molecule has 1 saturated heterocycles. The molecule has 3 fully saturated rings. The van der Waals surface area contributed by atoms with Crippen LogP contribution in [-0.2, 0) is 9.53 Å². The fourth-order valence-corrected chi connectivity index (χ4v) is 5.90. The molecule has 3 aromatic rings. The fourth-order valence-electron chi connectivity index (χ4n) is 5.90. The second-order valence-electron chi connectivity index (χ2n) is 10.9. The molecule has 6 rings (SSSR count). The predicted octanol–water partition coefficient (Wildman–Crippen LogP) is 4.57. The molecule has 1 aliphatic heterocycles. The van der Waals surface area contributed by atoms with Gasteiger partial charge < -0.3 is 20.3 Å². The van der Waals surface area contributed by atoms with Crippen molar-refractivity contribution < 1.29 is 9.53 Å². The maximum Gasteiger partial charge on any atom is 0.225 e. The summed E-state index contributed by atoms with van der Waals surface area (Å²) in [5.41, 5.74) is 13.6. The van der Waals surface area contributed by atoms with Gasteiger partial charge in [-0.2, -0.15) is 0 Å². The molecule has 0 radical (unpaired) electrons. The Morgan fingerprint density at radius 3 is 2.76 bits per heavy atom. The van der Waals surface area contributed by atoms with Gasteiger partial charge in [-0.15, -0.1) is 0 Å². The maximum absolute atomic E-state index is 12.9. The molecule has 8 nitrogen and oxygen atoms in total. The molecule has 0 spiro atoms. The Bertz CT molecular complexity index is 1400. The minimum atomic E-state index is 0.187. The zero-order valence-electron chi connectivity index (χ0n) is 22.3. The van der Waals surface area contributed by atoms with Crippen LogP contribution in [0.15, 0.2) is 31.1 Å². The van der Waals surface area contributed by atoms with Crippen molar-refractivity contribution in [3.05, 3.63) is 48.1 Å². The Morgan fingerprint density at radius 2 is 2.05 bits per heavy atom.